The highest BCUT2D eigenvalue weighted by molar-refractivity contribution is 7.87. The van der Waals surface area contributed by atoms with Gasteiger partial charge in [0.2, 0.25) is 12.1 Å². The van der Waals surface area contributed by atoms with Crippen molar-refractivity contribution in [3.63, 3.8) is 0 Å². The normalized spacial score (nSPS) is 13.3. The fraction of sp³-hybridized carbons (Fsp3) is 0.320. The Balaban J connectivity index is 1.98. The molecule has 0 aliphatic rings. The molecule has 0 spiro atoms. The van der Waals surface area contributed by atoms with Gasteiger partial charge in [-0.05, 0) is 76.6 Å². The van der Waals surface area contributed by atoms with Crippen LogP contribution in [-0.2, 0) is 24.4 Å². The molecule has 0 heterocycles. The number of carbonyl (C=O) groups is 3. The monoisotopic (exact) mass is 547 g/mol. The number of esters is 1. The summed E-state index contributed by atoms with van der Waals surface area (Å²) in [6, 6.07) is 8.51. The molecule has 0 saturated carbocycles. The van der Waals surface area contributed by atoms with E-state index in [2.05, 4.69) is 10.6 Å². The van der Waals surface area contributed by atoms with Crippen LogP contribution in [0.5, 0.6) is 5.75 Å². The maximum Gasteiger partial charge on any atom is 0.339 e. The lowest BCUT2D eigenvalue weighted by Crippen LogP contribution is -2.50. The van der Waals surface area contributed by atoms with Crippen LogP contribution in [0.1, 0.15) is 50.5 Å². The Morgan fingerprint density at radius 3 is 2.05 bits per heavy atom. The van der Waals surface area contributed by atoms with Crippen LogP contribution >= 0.6 is 0 Å². The number of benzene rings is 2. The molecule has 2 atom stereocenters. The van der Waals surface area contributed by atoms with E-state index < -0.39 is 50.5 Å². The summed E-state index contributed by atoms with van der Waals surface area (Å²) in [5.74, 6) is -1.87. The quantitative estimate of drug-likeness (QED) is 0.196. The molecule has 0 fully saturated rings. The molecule has 0 unspecified atom stereocenters. The number of nitrogens with zero attached hydrogens (tertiary/aromatic N) is 1. The highest BCUT2D eigenvalue weighted by Crippen LogP contribution is 2.20. The van der Waals surface area contributed by atoms with Crippen LogP contribution < -0.4 is 14.8 Å². The first-order chi connectivity index (χ1) is 17.6. The lowest BCUT2D eigenvalue weighted by atomic mass is 10.2. The molecule has 2 N–H and O–H groups in total. The minimum atomic E-state index is -4.23. The zero-order chi connectivity index (χ0) is 28.7. The van der Waals surface area contributed by atoms with Crippen LogP contribution in [-0.4, -0.2) is 48.8 Å². The molecule has 0 bridgehead atoms. The molecular formula is C25H29N3O9S. The van der Waals surface area contributed by atoms with Crippen LogP contribution in [0.25, 0.3) is 6.08 Å². The average molecular weight is 548 g/mol. The Hall–Kier alpha value is -4.26. The molecule has 2 aromatic rings. The largest absolute Gasteiger partial charge is 0.458 e. The highest BCUT2D eigenvalue weighted by Gasteiger charge is 2.26. The van der Waals surface area contributed by atoms with E-state index in [1.165, 1.54) is 68.5 Å². The number of carbonyl (C=O) groups excluding carboxylic acids is 3. The second-order valence-electron chi connectivity index (χ2n) is 9.19. The van der Waals surface area contributed by atoms with Crippen LogP contribution in [0.3, 0.4) is 0 Å². The molecule has 13 heteroatoms. The van der Waals surface area contributed by atoms with E-state index >= 15 is 0 Å². The van der Waals surface area contributed by atoms with E-state index in [0.29, 0.717) is 5.56 Å². The maximum absolute atomic E-state index is 12.6. The first kappa shape index (κ1) is 30.0. The minimum Gasteiger partial charge on any atom is -0.458 e. The Labute approximate surface area is 220 Å². The van der Waals surface area contributed by atoms with Crippen molar-refractivity contribution >= 4 is 34.0 Å². The van der Waals surface area contributed by atoms with Crippen molar-refractivity contribution in [3.05, 3.63) is 76.0 Å². The zero-order valence-corrected chi connectivity index (χ0v) is 22.3. The Morgan fingerprint density at radius 1 is 0.947 bits per heavy atom. The van der Waals surface area contributed by atoms with Crippen LogP contribution in [0, 0.1) is 10.1 Å². The van der Waals surface area contributed by atoms with E-state index in [0.717, 1.165) is 6.20 Å². The second kappa shape index (κ2) is 12.3. The molecule has 2 aromatic carbocycles. The zero-order valence-electron chi connectivity index (χ0n) is 21.5. The van der Waals surface area contributed by atoms with Gasteiger partial charge in [-0.25, -0.2) is 4.79 Å². The van der Waals surface area contributed by atoms with E-state index in [1.54, 1.807) is 20.8 Å². The van der Waals surface area contributed by atoms with Crippen molar-refractivity contribution in [2.45, 2.75) is 57.2 Å². The van der Waals surface area contributed by atoms with Gasteiger partial charge in [0.05, 0.1) is 4.92 Å². The number of hydrogen-bond donors (Lipinski definition) is 2. The molecule has 2 rings (SSSR count). The van der Waals surface area contributed by atoms with Crippen LogP contribution in [0.15, 0.2) is 59.6 Å². The summed E-state index contributed by atoms with van der Waals surface area (Å²) in [5, 5.41) is 15.3. The van der Waals surface area contributed by atoms with Gasteiger partial charge in [0.25, 0.3) is 5.91 Å². The fourth-order valence-electron chi connectivity index (χ4n) is 2.86. The molecule has 0 radical (unpaired) electrons. The number of amides is 2. The molecule has 2 amide bonds. The topological polar surface area (TPSA) is 171 Å². The van der Waals surface area contributed by atoms with E-state index in [4.69, 9.17) is 8.92 Å². The third kappa shape index (κ3) is 9.32. The van der Waals surface area contributed by atoms with Crippen molar-refractivity contribution in [2.24, 2.45) is 0 Å². The first-order valence-electron chi connectivity index (χ1n) is 11.4. The standard InChI is InChI=1S/C25H29N3O9S/c1-16(22(29)27-17(2)24(31)36-25(3,4)5)26-23(30)19-8-12-21(13-9-19)38(34,35)37-20-10-6-18(7-11-20)14-15-28(32)33/h6-17H,1-5H3,(H,26,30)(H,27,29)/b15-14+/t16-,17-/m1/s1. The molecule has 0 aromatic heterocycles. The number of nitro groups is 1. The highest BCUT2D eigenvalue weighted by atomic mass is 32.2. The second-order valence-corrected chi connectivity index (χ2v) is 10.7. The Morgan fingerprint density at radius 2 is 1.53 bits per heavy atom. The predicted molar refractivity (Wildman–Crippen MR) is 137 cm³/mol. The third-order valence-corrected chi connectivity index (χ3v) is 6.00. The molecule has 204 valence electrons. The smallest absolute Gasteiger partial charge is 0.339 e. The fourth-order valence-corrected chi connectivity index (χ4v) is 3.79. The van der Waals surface area contributed by atoms with Crippen molar-refractivity contribution in [1.82, 2.24) is 10.6 Å². The van der Waals surface area contributed by atoms with Crippen molar-refractivity contribution in [1.29, 1.82) is 0 Å². The first-order valence-corrected chi connectivity index (χ1v) is 12.8. The van der Waals surface area contributed by atoms with Gasteiger partial charge in [0.1, 0.15) is 28.3 Å². The lowest BCUT2D eigenvalue weighted by molar-refractivity contribution is -0.400. The molecular weight excluding hydrogens is 518 g/mol. The van der Waals surface area contributed by atoms with Gasteiger partial charge in [0.15, 0.2) is 0 Å². The maximum atomic E-state index is 12.6. The summed E-state index contributed by atoms with van der Waals surface area (Å²) in [4.78, 5) is 46.5. The van der Waals surface area contributed by atoms with Crippen molar-refractivity contribution in [3.8, 4) is 5.75 Å². The van der Waals surface area contributed by atoms with Gasteiger partial charge >= 0.3 is 16.1 Å². The third-order valence-electron chi connectivity index (χ3n) is 4.74. The van der Waals surface area contributed by atoms with E-state index in [1.807, 2.05) is 0 Å². The predicted octanol–water partition coefficient (Wildman–Crippen LogP) is 2.67. The summed E-state index contributed by atoms with van der Waals surface area (Å²) in [7, 11) is -4.23. The summed E-state index contributed by atoms with van der Waals surface area (Å²) >= 11 is 0. The van der Waals surface area contributed by atoms with Crippen molar-refractivity contribution < 1.29 is 36.6 Å². The van der Waals surface area contributed by atoms with Gasteiger partial charge in [-0.1, -0.05) is 12.1 Å². The SMILES string of the molecule is C[C@@H](NC(=O)c1ccc(S(=O)(=O)Oc2ccc(/C=C/[N+](=O)[O-])cc2)cc1)C(=O)N[C@H](C)C(=O)OC(C)(C)C. The van der Waals surface area contributed by atoms with E-state index in [-0.39, 0.29) is 16.2 Å². The summed E-state index contributed by atoms with van der Waals surface area (Å²) in [6.45, 7) is 7.99. The molecule has 12 nitrogen and oxygen atoms in total. The number of rotatable bonds is 10. The molecule has 0 aliphatic carbocycles. The van der Waals surface area contributed by atoms with Gasteiger partial charge in [-0.15, -0.1) is 0 Å². The van der Waals surface area contributed by atoms with Crippen molar-refractivity contribution in [2.75, 3.05) is 0 Å². The van der Waals surface area contributed by atoms with Gasteiger partial charge in [0, 0.05) is 11.6 Å². The van der Waals surface area contributed by atoms with Crippen LogP contribution in [0.2, 0.25) is 0 Å². The van der Waals surface area contributed by atoms with Gasteiger partial charge in [-0.3, -0.25) is 19.7 Å². The van der Waals surface area contributed by atoms with Crippen LogP contribution in [0.4, 0.5) is 0 Å². The summed E-state index contributed by atoms with van der Waals surface area (Å²) < 4.78 is 35.4. The van der Waals surface area contributed by atoms with Gasteiger partial charge < -0.3 is 19.6 Å². The number of ether oxygens (including phenoxy) is 1. The minimum absolute atomic E-state index is 0.00878. The Bertz CT molecular complexity index is 1310. The molecule has 0 aliphatic heterocycles. The summed E-state index contributed by atoms with van der Waals surface area (Å²) in [5.41, 5.74) is -0.154. The molecule has 38 heavy (non-hydrogen) atoms. The summed E-state index contributed by atoms with van der Waals surface area (Å²) in [6.07, 6.45) is 2.00. The molecule has 0 saturated heterocycles. The van der Waals surface area contributed by atoms with Gasteiger partial charge in [-0.2, -0.15) is 8.42 Å². The number of hydrogen-bond acceptors (Lipinski definition) is 9. The number of nitrogens with one attached hydrogen (secondary N) is 2. The lowest BCUT2D eigenvalue weighted by Gasteiger charge is -2.23. The average Bonchev–Trinajstić information content (AvgIpc) is 2.82. The Kier molecular flexibility index (Phi) is 9.72. The van der Waals surface area contributed by atoms with E-state index in [9.17, 15) is 32.9 Å².